The molecule has 2 atom stereocenters. The quantitative estimate of drug-likeness (QED) is 0.448. The maximum atomic E-state index is 11.1. The lowest BCUT2D eigenvalue weighted by Gasteiger charge is -1.94. The average molecular weight is 196 g/mol. The van der Waals surface area contributed by atoms with E-state index in [0.717, 1.165) is 0 Å². The van der Waals surface area contributed by atoms with Gasteiger partial charge in [0, 0.05) is 0 Å². The summed E-state index contributed by atoms with van der Waals surface area (Å²) in [5.41, 5.74) is 9.48. The van der Waals surface area contributed by atoms with Crippen molar-refractivity contribution < 1.29 is 24.2 Å². The standard InChI is InChI=1S/C3H6FNO2.C3H7NO2/c4-1-2(5)3(6)7;1-2(4)3(5)6/h2H,1,5H2,(H,6,7);2H,4H2,1H3,(H,5,6). The first-order chi connectivity index (χ1) is 5.82. The molecule has 0 saturated carbocycles. The third-order valence-electron chi connectivity index (χ3n) is 0.873. The zero-order valence-electron chi connectivity index (χ0n) is 7.11. The first kappa shape index (κ1) is 14.3. The van der Waals surface area contributed by atoms with Crippen LogP contribution in [0.3, 0.4) is 0 Å². The fourth-order valence-corrected chi connectivity index (χ4v) is 0.0660. The third-order valence-corrected chi connectivity index (χ3v) is 0.873. The molecule has 0 radical (unpaired) electrons. The summed E-state index contributed by atoms with van der Waals surface area (Å²) in [5.74, 6) is -2.27. The Morgan fingerprint density at radius 2 is 1.62 bits per heavy atom. The molecule has 78 valence electrons. The van der Waals surface area contributed by atoms with Crippen LogP contribution in [0.25, 0.3) is 0 Å². The highest BCUT2D eigenvalue weighted by Crippen LogP contribution is 1.76. The van der Waals surface area contributed by atoms with Crippen molar-refractivity contribution in [3.63, 3.8) is 0 Å². The number of nitrogens with two attached hydrogens (primary N) is 2. The van der Waals surface area contributed by atoms with Crippen LogP contribution in [0.15, 0.2) is 0 Å². The molecule has 0 aromatic rings. The van der Waals surface area contributed by atoms with E-state index in [9.17, 15) is 14.0 Å². The predicted molar refractivity (Wildman–Crippen MR) is 42.9 cm³/mol. The van der Waals surface area contributed by atoms with Gasteiger partial charge in [-0.05, 0) is 6.92 Å². The number of rotatable bonds is 3. The molecule has 6 N–H and O–H groups in total. The van der Waals surface area contributed by atoms with Crippen LogP contribution in [0.4, 0.5) is 4.39 Å². The molecular formula is C6H13FN2O4. The topological polar surface area (TPSA) is 127 Å². The predicted octanol–water partition coefficient (Wildman–Crippen LogP) is -1.21. The molecule has 6 nitrogen and oxygen atoms in total. The molecule has 0 fully saturated rings. The third kappa shape index (κ3) is 10.8. The van der Waals surface area contributed by atoms with E-state index in [2.05, 4.69) is 5.73 Å². The number of carbonyl (C=O) groups is 2. The fourth-order valence-electron chi connectivity index (χ4n) is 0.0660. The van der Waals surface area contributed by atoms with Crippen molar-refractivity contribution in [3.05, 3.63) is 0 Å². The van der Waals surface area contributed by atoms with Crippen LogP contribution in [0, 0.1) is 0 Å². The lowest BCUT2D eigenvalue weighted by atomic mass is 10.4. The summed E-state index contributed by atoms with van der Waals surface area (Å²) in [6.07, 6.45) is 0. The van der Waals surface area contributed by atoms with Crippen molar-refractivity contribution in [2.24, 2.45) is 11.5 Å². The highest BCUT2D eigenvalue weighted by atomic mass is 19.1. The van der Waals surface area contributed by atoms with Gasteiger partial charge < -0.3 is 21.7 Å². The van der Waals surface area contributed by atoms with Gasteiger partial charge in [0.1, 0.15) is 18.8 Å². The second-order valence-electron chi connectivity index (χ2n) is 2.23. The van der Waals surface area contributed by atoms with Crippen molar-refractivity contribution in [1.29, 1.82) is 0 Å². The Kier molecular flexibility index (Phi) is 8.20. The number of carboxylic acids is 2. The number of hydrogen-bond acceptors (Lipinski definition) is 4. The average Bonchev–Trinajstić information content (AvgIpc) is 2.03. The van der Waals surface area contributed by atoms with Gasteiger partial charge in [0.2, 0.25) is 0 Å². The van der Waals surface area contributed by atoms with Crippen LogP contribution in [0.5, 0.6) is 0 Å². The molecule has 0 aliphatic heterocycles. The summed E-state index contributed by atoms with van der Waals surface area (Å²) >= 11 is 0. The second kappa shape index (κ2) is 7.44. The number of hydrogen-bond donors (Lipinski definition) is 4. The molecule has 0 aliphatic carbocycles. The highest BCUT2D eigenvalue weighted by molar-refractivity contribution is 5.73. The monoisotopic (exact) mass is 196 g/mol. The summed E-state index contributed by atoms with van der Waals surface area (Å²) in [5, 5.41) is 15.7. The van der Waals surface area contributed by atoms with Gasteiger partial charge in [-0.1, -0.05) is 0 Å². The van der Waals surface area contributed by atoms with E-state index >= 15 is 0 Å². The first-order valence-electron chi connectivity index (χ1n) is 3.35. The maximum absolute atomic E-state index is 11.1. The Morgan fingerprint density at radius 1 is 1.31 bits per heavy atom. The normalized spacial score (nSPS) is 13.5. The van der Waals surface area contributed by atoms with Crippen molar-refractivity contribution in [1.82, 2.24) is 0 Å². The molecule has 0 heterocycles. The zero-order chi connectivity index (χ0) is 11.0. The number of carboxylic acid groups (broad SMARTS) is 2. The summed E-state index contributed by atoms with van der Waals surface area (Å²) in [4.78, 5) is 19.1. The highest BCUT2D eigenvalue weighted by Gasteiger charge is 2.08. The Hall–Kier alpha value is -1.21. The molecule has 0 bridgehead atoms. The zero-order valence-corrected chi connectivity index (χ0v) is 7.11. The van der Waals surface area contributed by atoms with Gasteiger partial charge in [-0.2, -0.15) is 0 Å². The smallest absolute Gasteiger partial charge is 0.323 e. The van der Waals surface area contributed by atoms with Crippen LogP contribution < -0.4 is 11.5 Å². The van der Waals surface area contributed by atoms with E-state index < -0.39 is 30.7 Å². The van der Waals surface area contributed by atoms with Gasteiger partial charge >= 0.3 is 11.9 Å². The fraction of sp³-hybridized carbons (Fsp3) is 0.667. The van der Waals surface area contributed by atoms with Gasteiger partial charge in [-0.3, -0.25) is 9.59 Å². The van der Waals surface area contributed by atoms with Crippen LogP contribution >= 0.6 is 0 Å². The van der Waals surface area contributed by atoms with Crippen LogP contribution in [0.1, 0.15) is 6.92 Å². The van der Waals surface area contributed by atoms with Crippen molar-refractivity contribution in [2.45, 2.75) is 19.0 Å². The Balaban J connectivity index is 0. The molecule has 0 spiro atoms. The molecule has 0 saturated heterocycles. The lowest BCUT2D eigenvalue weighted by Crippen LogP contribution is -2.31. The van der Waals surface area contributed by atoms with Crippen LogP contribution in [-0.2, 0) is 9.59 Å². The van der Waals surface area contributed by atoms with Crippen molar-refractivity contribution in [3.8, 4) is 0 Å². The van der Waals surface area contributed by atoms with Gasteiger partial charge in [0.15, 0.2) is 0 Å². The minimum Gasteiger partial charge on any atom is -0.480 e. The Morgan fingerprint density at radius 3 is 1.62 bits per heavy atom. The molecule has 2 unspecified atom stereocenters. The molecule has 13 heavy (non-hydrogen) atoms. The molecule has 0 aromatic heterocycles. The summed E-state index contributed by atoms with van der Waals surface area (Å²) < 4.78 is 11.1. The summed E-state index contributed by atoms with van der Waals surface area (Å²) in [6, 6.07) is -2.08. The van der Waals surface area contributed by atoms with Crippen molar-refractivity contribution >= 4 is 11.9 Å². The molecule has 0 amide bonds. The second-order valence-corrected chi connectivity index (χ2v) is 2.23. The molecule has 0 aromatic carbocycles. The van der Waals surface area contributed by atoms with Gasteiger partial charge in [0.25, 0.3) is 0 Å². The van der Waals surface area contributed by atoms with Crippen LogP contribution in [-0.4, -0.2) is 40.9 Å². The van der Waals surface area contributed by atoms with E-state index in [1.54, 1.807) is 0 Å². The van der Waals surface area contributed by atoms with Crippen molar-refractivity contribution in [2.75, 3.05) is 6.67 Å². The SMILES string of the molecule is CC(N)C(=O)O.NC(CF)C(=O)O. The summed E-state index contributed by atoms with van der Waals surface area (Å²) in [7, 11) is 0. The molecule has 7 heteroatoms. The van der Waals surface area contributed by atoms with E-state index in [4.69, 9.17) is 15.9 Å². The van der Waals surface area contributed by atoms with Crippen LogP contribution in [0.2, 0.25) is 0 Å². The number of alkyl halides is 1. The Bertz CT molecular complexity index is 174. The van der Waals surface area contributed by atoms with E-state index in [0.29, 0.717) is 0 Å². The van der Waals surface area contributed by atoms with E-state index in [1.165, 1.54) is 6.92 Å². The molecule has 0 rings (SSSR count). The Labute approximate surface area is 74.3 Å². The number of halogens is 1. The first-order valence-corrected chi connectivity index (χ1v) is 3.35. The minimum absolute atomic E-state index is 0.731. The number of aliphatic carboxylic acids is 2. The summed E-state index contributed by atoms with van der Waals surface area (Å²) in [6.45, 7) is 0.414. The van der Waals surface area contributed by atoms with Gasteiger partial charge in [0.05, 0.1) is 0 Å². The molecular weight excluding hydrogens is 183 g/mol. The maximum Gasteiger partial charge on any atom is 0.323 e. The van der Waals surface area contributed by atoms with Gasteiger partial charge in [-0.15, -0.1) is 0 Å². The minimum atomic E-state index is -1.35. The largest absolute Gasteiger partial charge is 0.480 e. The lowest BCUT2D eigenvalue weighted by molar-refractivity contribution is -0.139. The molecule has 0 aliphatic rings. The van der Waals surface area contributed by atoms with Gasteiger partial charge in [-0.25, -0.2) is 4.39 Å². The van der Waals surface area contributed by atoms with E-state index in [1.807, 2.05) is 0 Å². The van der Waals surface area contributed by atoms with E-state index in [-0.39, 0.29) is 0 Å².